The standard InChI is InChI=1S/C19H12BrClF2N4O2/c1-26-8-24-15(18(26)21)10-3-4-11(22)14(23)13(10)16-17(20)27-6-5-9(19(28)29-2)7-12(27)25-16/h3-8H,1-2H3. The lowest BCUT2D eigenvalue weighted by Crippen LogP contribution is -2.01. The third kappa shape index (κ3) is 3.10. The van der Waals surface area contributed by atoms with E-state index in [4.69, 9.17) is 16.3 Å². The predicted octanol–water partition coefficient (Wildman–Crippen LogP) is 4.88. The average molecular weight is 482 g/mol. The lowest BCUT2D eigenvalue weighted by molar-refractivity contribution is 0.0600. The van der Waals surface area contributed by atoms with Gasteiger partial charge >= 0.3 is 5.97 Å². The SMILES string of the molecule is COC(=O)c1ccn2c(Br)c(-c3c(-c4ncn(C)c4Cl)ccc(F)c3F)nc2c1. The molecule has 0 bridgehead atoms. The largest absolute Gasteiger partial charge is 0.465 e. The molecule has 0 saturated heterocycles. The van der Waals surface area contributed by atoms with E-state index in [2.05, 4.69) is 25.9 Å². The summed E-state index contributed by atoms with van der Waals surface area (Å²) in [5.74, 6) is -2.65. The van der Waals surface area contributed by atoms with Gasteiger partial charge in [0.15, 0.2) is 11.6 Å². The first-order valence-electron chi connectivity index (χ1n) is 8.25. The summed E-state index contributed by atoms with van der Waals surface area (Å²) < 4.78 is 37.3. The van der Waals surface area contributed by atoms with Gasteiger partial charge in [0.2, 0.25) is 0 Å². The van der Waals surface area contributed by atoms with Crippen LogP contribution in [0.5, 0.6) is 0 Å². The molecule has 10 heteroatoms. The van der Waals surface area contributed by atoms with E-state index in [9.17, 15) is 13.6 Å². The molecular formula is C19H12BrClF2N4O2. The molecule has 0 aliphatic carbocycles. The Balaban J connectivity index is 2.00. The zero-order valence-electron chi connectivity index (χ0n) is 15.1. The Bertz CT molecular complexity index is 1290. The van der Waals surface area contributed by atoms with Crippen LogP contribution in [-0.4, -0.2) is 32.0 Å². The van der Waals surface area contributed by atoms with Crippen LogP contribution < -0.4 is 0 Å². The van der Waals surface area contributed by atoms with E-state index >= 15 is 0 Å². The number of methoxy groups -OCH3 is 1. The predicted molar refractivity (Wildman–Crippen MR) is 107 cm³/mol. The first-order valence-corrected chi connectivity index (χ1v) is 9.42. The number of fused-ring (bicyclic) bond motifs is 1. The first-order chi connectivity index (χ1) is 13.8. The van der Waals surface area contributed by atoms with Gasteiger partial charge in [0.1, 0.15) is 26.8 Å². The molecule has 0 amide bonds. The number of esters is 1. The fraction of sp³-hybridized carbons (Fsp3) is 0.105. The molecule has 0 fully saturated rings. The second-order valence-electron chi connectivity index (χ2n) is 6.17. The van der Waals surface area contributed by atoms with Gasteiger partial charge in [0, 0.05) is 18.8 Å². The third-order valence-corrected chi connectivity index (χ3v) is 5.64. The van der Waals surface area contributed by atoms with Gasteiger partial charge in [-0.2, -0.15) is 0 Å². The van der Waals surface area contributed by atoms with E-state index in [1.54, 1.807) is 22.2 Å². The van der Waals surface area contributed by atoms with Crippen LogP contribution in [0.15, 0.2) is 41.4 Å². The Labute approximate surface area is 176 Å². The van der Waals surface area contributed by atoms with E-state index < -0.39 is 17.6 Å². The Morgan fingerprint density at radius 1 is 1.24 bits per heavy atom. The zero-order valence-corrected chi connectivity index (χ0v) is 17.4. The highest BCUT2D eigenvalue weighted by molar-refractivity contribution is 9.10. The number of rotatable bonds is 3. The quantitative estimate of drug-likeness (QED) is 0.391. The van der Waals surface area contributed by atoms with Crippen LogP contribution in [0.4, 0.5) is 8.78 Å². The molecule has 0 N–H and O–H groups in total. The van der Waals surface area contributed by atoms with Crippen LogP contribution in [-0.2, 0) is 11.8 Å². The minimum absolute atomic E-state index is 0.0965. The summed E-state index contributed by atoms with van der Waals surface area (Å²) in [5, 5.41) is 0.269. The van der Waals surface area contributed by atoms with Gasteiger partial charge < -0.3 is 9.30 Å². The van der Waals surface area contributed by atoms with E-state index in [0.29, 0.717) is 15.9 Å². The number of pyridine rings is 1. The topological polar surface area (TPSA) is 61.4 Å². The zero-order chi connectivity index (χ0) is 20.9. The fourth-order valence-corrected chi connectivity index (χ4v) is 3.78. The molecule has 4 aromatic rings. The summed E-state index contributed by atoms with van der Waals surface area (Å²) in [4.78, 5) is 20.4. The second kappa shape index (κ2) is 7.23. The van der Waals surface area contributed by atoms with Gasteiger partial charge in [-0.3, -0.25) is 4.40 Å². The van der Waals surface area contributed by atoms with Crippen LogP contribution in [0.2, 0.25) is 5.15 Å². The van der Waals surface area contributed by atoms with Crippen molar-refractivity contribution in [2.75, 3.05) is 7.11 Å². The molecule has 1 aromatic carbocycles. The molecule has 29 heavy (non-hydrogen) atoms. The van der Waals surface area contributed by atoms with Crippen LogP contribution in [0.1, 0.15) is 10.4 Å². The molecule has 3 heterocycles. The Hall–Kier alpha value is -2.78. The summed E-state index contributed by atoms with van der Waals surface area (Å²) in [6, 6.07) is 5.44. The van der Waals surface area contributed by atoms with Crippen molar-refractivity contribution in [1.82, 2.24) is 18.9 Å². The van der Waals surface area contributed by atoms with Crippen LogP contribution in [0.25, 0.3) is 28.2 Å². The number of ether oxygens (including phenoxy) is 1. The number of hydrogen-bond acceptors (Lipinski definition) is 4. The van der Waals surface area contributed by atoms with Crippen molar-refractivity contribution in [2.45, 2.75) is 0 Å². The maximum Gasteiger partial charge on any atom is 0.338 e. The van der Waals surface area contributed by atoms with Gasteiger partial charge in [-0.15, -0.1) is 0 Å². The summed E-state index contributed by atoms with van der Waals surface area (Å²) >= 11 is 9.67. The van der Waals surface area contributed by atoms with Crippen molar-refractivity contribution in [1.29, 1.82) is 0 Å². The first kappa shape index (κ1) is 19.5. The summed E-state index contributed by atoms with van der Waals surface area (Å²) in [7, 11) is 2.96. The molecule has 4 rings (SSSR count). The van der Waals surface area contributed by atoms with Gasteiger partial charge in [-0.25, -0.2) is 23.5 Å². The Kier molecular flexibility index (Phi) is 4.87. The number of nitrogens with zero attached hydrogens (tertiary/aromatic N) is 4. The van der Waals surface area contributed by atoms with Crippen molar-refractivity contribution in [2.24, 2.45) is 7.05 Å². The molecule has 0 aliphatic rings. The minimum Gasteiger partial charge on any atom is -0.465 e. The van der Waals surface area contributed by atoms with Gasteiger partial charge in [0.05, 0.1) is 24.6 Å². The monoisotopic (exact) mass is 480 g/mol. The van der Waals surface area contributed by atoms with E-state index in [0.717, 1.165) is 6.07 Å². The Morgan fingerprint density at radius 3 is 2.66 bits per heavy atom. The maximum absolute atomic E-state index is 14.9. The molecule has 0 spiro atoms. The molecule has 148 valence electrons. The van der Waals surface area contributed by atoms with Crippen molar-refractivity contribution in [3.8, 4) is 22.5 Å². The van der Waals surface area contributed by atoms with Crippen molar-refractivity contribution >= 4 is 39.1 Å². The fourth-order valence-electron chi connectivity index (χ4n) is 2.99. The number of aryl methyl sites for hydroxylation is 1. The Morgan fingerprint density at radius 2 is 2.00 bits per heavy atom. The number of hydrogen-bond donors (Lipinski definition) is 0. The van der Waals surface area contributed by atoms with Gasteiger partial charge in [-0.1, -0.05) is 11.6 Å². The lowest BCUT2D eigenvalue weighted by Gasteiger charge is -2.09. The highest BCUT2D eigenvalue weighted by Crippen LogP contribution is 2.40. The maximum atomic E-state index is 14.9. The summed E-state index contributed by atoms with van der Waals surface area (Å²) in [5.41, 5.74) is 1.24. The summed E-state index contributed by atoms with van der Waals surface area (Å²) in [6.45, 7) is 0. The molecule has 6 nitrogen and oxygen atoms in total. The summed E-state index contributed by atoms with van der Waals surface area (Å²) in [6.07, 6.45) is 3.05. The third-order valence-electron chi connectivity index (χ3n) is 4.44. The molecular weight excluding hydrogens is 470 g/mol. The average Bonchev–Trinajstić information content (AvgIpc) is 3.22. The van der Waals surface area contributed by atoms with Crippen LogP contribution in [0, 0.1) is 11.6 Å². The van der Waals surface area contributed by atoms with E-state index in [1.807, 2.05) is 0 Å². The molecule has 0 atom stereocenters. The number of aromatic nitrogens is 4. The number of imidazole rings is 2. The van der Waals surface area contributed by atoms with E-state index in [1.165, 1.54) is 31.6 Å². The highest BCUT2D eigenvalue weighted by atomic mass is 79.9. The highest BCUT2D eigenvalue weighted by Gasteiger charge is 2.25. The molecule has 0 radical (unpaired) electrons. The second-order valence-corrected chi connectivity index (χ2v) is 7.27. The normalized spacial score (nSPS) is 11.2. The molecule has 0 aliphatic heterocycles. The van der Waals surface area contributed by atoms with Crippen LogP contribution >= 0.6 is 27.5 Å². The van der Waals surface area contributed by atoms with Crippen molar-refractivity contribution < 1.29 is 18.3 Å². The molecule has 0 saturated carbocycles. The minimum atomic E-state index is -1.08. The van der Waals surface area contributed by atoms with Crippen molar-refractivity contribution in [3.63, 3.8) is 0 Å². The smallest absolute Gasteiger partial charge is 0.338 e. The number of carbonyl (C=O) groups excluding carboxylic acids is 1. The molecule has 3 aromatic heterocycles. The van der Waals surface area contributed by atoms with E-state index in [-0.39, 0.29) is 27.5 Å². The van der Waals surface area contributed by atoms with Gasteiger partial charge in [0.25, 0.3) is 0 Å². The van der Waals surface area contributed by atoms with Crippen molar-refractivity contribution in [3.05, 3.63) is 63.7 Å². The van der Waals surface area contributed by atoms with Gasteiger partial charge in [-0.05, 0) is 40.2 Å². The number of carbonyl (C=O) groups is 1. The van der Waals surface area contributed by atoms with Crippen LogP contribution in [0.3, 0.4) is 0 Å². The molecule has 0 unspecified atom stereocenters. The number of benzene rings is 1. The number of halogens is 4. The lowest BCUT2D eigenvalue weighted by atomic mass is 10.0.